The number of anilines is 2. The minimum atomic E-state index is 0.172. The lowest BCUT2D eigenvalue weighted by Gasteiger charge is -2.06. The second-order valence-corrected chi connectivity index (χ2v) is 7.40. The summed E-state index contributed by atoms with van der Waals surface area (Å²) in [5.41, 5.74) is 4.76. The van der Waals surface area contributed by atoms with Crippen LogP contribution in [-0.2, 0) is 0 Å². The van der Waals surface area contributed by atoms with Gasteiger partial charge in [-0.15, -0.1) is 5.10 Å². The van der Waals surface area contributed by atoms with Crippen LogP contribution in [0, 0.1) is 0 Å². The zero-order valence-corrected chi connectivity index (χ0v) is 16.8. The van der Waals surface area contributed by atoms with E-state index >= 15 is 0 Å². The Labute approximate surface area is 182 Å². The van der Waals surface area contributed by atoms with Crippen LogP contribution in [0.2, 0.25) is 0 Å². The Morgan fingerprint density at radius 3 is 2.53 bits per heavy atom. The van der Waals surface area contributed by atoms with Crippen molar-refractivity contribution in [2.45, 2.75) is 0 Å². The second-order valence-electron chi connectivity index (χ2n) is 7.40. The van der Waals surface area contributed by atoms with Crippen LogP contribution >= 0.6 is 0 Å². The molecule has 32 heavy (non-hydrogen) atoms. The summed E-state index contributed by atoms with van der Waals surface area (Å²) in [5, 5.41) is 23.5. The van der Waals surface area contributed by atoms with Gasteiger partial charge in [-0.3, -0.25) is 0 Å². The van der Waals surface area contributed by atoms with Gasteiger partial charge in [-0.2, -0.15) is 0 Å². The quantitative estimate of drug-likeness (QED) is 0.330. The van der Waals surface area contributed by atoms with Gasteiger partial charge in [0, 0.05) is 27.5 Å². The molecular formula is C25H17N5O2. The highest BCUT2D eigenvalue weighted by molar-refractivity contribution is 6.12. The number of fused-ring (bicyclic) bond motifs is 3. The highest BCUT2D eigenvalue weighted by atomic mass is 16.4. The van der Waals surface area contributed by atoms with E-state index in [0.29, 0.717) is 17.3 Å². The SMILES string of the molecule is Oc1cccc(-c2nc(-c3nnc(Nc4ccccc4)o3)cc3c2[nH]c2ccccc23)c1. The highest BCUT2D eigenvalue weighted by Crippen LogP contribution is 2.36. The Bertz CT molecular complexity index is 1570. The zero-order chi connectivity index (χ0) is 21.5. The van der Waals surface area contributed by atoms with Gasteiger partial charge in [0.15, 0.2) is 0 Å². The fourth-order valence-corrected chi connectivity index (χ4v) is 3.84. The topological polar surface area (TPSA) is 99.9 Å². The minimum absolute atomic E-state index is 0.172. The normalized spacial score (nSPS) is 11.2. The van der Waals surface area contributed by atoms with Gasteiger partial charge in [0.25, 0.3) is 5.89 Å². The van der Waals surface area contributed by atoms with Crippen LogP contribution < -0.4 is 5.32 Å². The predicted octanol–water partition coefficient (Wildman–Crippen LogP) is 5.88. The number of hydrogen-bond donors (Lipinski definition) is 3. The molecule has 0 spiro atoms. The van der Waals surface area contributed by atoms with Crippen LogP contribution in [0.5, 0.6) is 5.75 Å². The number of aromatic hydroxyl groups is 1. The molecule has 0 atom stereocenters. The number of pyridine rings is 1. The number of H-pyrrole nitrogens is 1. The van der Waals surface area contributed by atoms with E-state index in [2.05, 4.69) is 26.6 Å². The van der Waals surface area contributed by atoms with E-state index < -0.39 is 0 Å². The number of phenolic OH excluding ortho intramolecular Hbond substituents is 1. The van der Waals surface area contributed by atoms with Crippen molar-refractivity contribution in [1.29, 1.82) is 0 Å². The van der Waals surface area contributed by atoms with Crippen LogP contribution in [0.4, 0.5) is 11.7 Å². The number of phenols is 1. The molecule has 0 unspecified atom stereocenters. The summed E-state index contributed by atoms with van der Waals surface area (Å²) in [5.74, 6) is 0.475. The van der Waals surface area contributed by atoms with Gasteiger partial charge in [-0.25, -0.2) is 4.98 Å². The van der Waals surface area contributed by atoms with Crippen molar-refractivity contribution < 1.29 is 9.52 Å². The molecule has 0 aliphatic rings. The summed E-state index contributed by atoms with van der Waals surface area (Å²) in [6, 6.07) is 26.9. The number of nitrogens with zero attached hydrogens (tertiary/aromatic N) is 3. The summed E-state index contributed by atoms with van der Waals surface area (Å²) in [7, 11) is 0. The minimum Gasteiger partial charge on any atom is -0.508 e. The lowest BCUT2D eigenvalue weighted by Crippen LogP contribution is -1.91. The summed E-state index contributed by atoms with van der Waals surface area (Å²) >= 11 is 0. The van der Waals surface area contributed by atoms with Gasteiger partial charge < -0.3 is 19.8 Å². The number of para-hydroxylation sites is 2. The van der Waals surface area contributed by atoms with E-state index in [1.165, 1.54) is 0 Å². The molecule has 7 heteroatoms. The number of aromatic nitrogens is 4. The molecule has 6 aromatic rings. The van der Waals surface area contributed by atoms with Crippen molar-refractivity contribution in [3.63, 3.8) is 0 Å². The molecule has 0 aliphatic carbocycles. The number of benzene rings is 3. The Morgan fingerprint density at radius 2 is 1.66 bits per heavy atom. The first-order valence-electron chi connectivity index (χ1n) is 10.1. The van der Waals surface area contributed by atoms with E-state index in [9.17, 15) is 5.11 Å². The largest absolute Gasteiger partial charge is 0.508 e. The first-order chi connectivity index (χ1) is 15.7. The molecular weight excluding hydrogens is 402 g/mol. The standard InChI is InChI=1S/C25H17N5O2/c31-17-10-6-7-15(13-17)22-23-19(18-11-4-5-12-20(18)27-23)14-21(28-22)24-29-30-25(32-24)26-16-8-2-1-3-9-16/h1-14,27,31H,(H,26,30). The van der Waals surface area contributed by atoms with E-state index in [4.69, 9.17) is 9.40 Å². The molecule has 3 aromatic carbocycles. The average molecular weight is 419 g/mol. The summed E-state index contributed by atoms with van der Waals surface area (Å²) < 4.78 is 5.87. The third-order valence-electron chi connectivity index (χ3n) is 5.29. The molecule has 0 amide bonds. The van der Waals surface area contributed by atoms with Crippen LogP contribution in [0.3, 0.4) is 0 Å². The van der Waals surface area contributed by atoms with Crippen molar-refractivity contribution in [1.82, 2.24) is 20.2 Å². The van der Waals surface area contributed by atoms with Crippen molar-refractivity contribution >= 4 is 33.5 Å². The van der Waals surface area contributed by atoms with Crippen LogP contribution in [0.15, 0.2) is 89.3 Å². The fraction of sp³-hybridized carbons (Fsp3) is 0. The number of hydrogen-bond acceptors (Lipinski definition) is 6. The van der Waals surface area contributed by atoms with E-state index in [-0.39, 0.29) is 11.8 Å². The van der Waals surface area contributed by atoms with Crippen molar-refractivity contribution in [2.24, 2.45) is 0 Å². The predicted molar refractivity (Wildman–Crippen MR) is 124 cm³/mol. The third-order valence-corrected chi connectivity index (χ3v) is 5.29. The molecule has 154 valence electrons. The van der Waals surface area contributed by atoms with Crippen molar-refractivity contribution in [3.05, 3.63) is 84.9 Å². The Hall–Kier alpha value is -4.65. The van der Waals surface area contributed by atoms with Gasteiger partial charge in [-0.05, 0) is 36.4 Å². The molecule has 0 bridgehead atoms. The lowest BCUT2D eigenvalue weighted by atomic mass is 10.1. The summed E-state index contributed by atoms with van der Waals surface area (Å²) in [6.07, 6.45) is 0. The first-order valence-corrected chi connectivity index (χ1v) is 10.1. The first kappa shape index (κ1) is 18.1. The molecule has 3 heterocycles. The van der Waals surface area contributed by atoms with E-state index in [1.807, 2.05) is 60.7 Å². The molecule has 3 N–H and O–H groups in total. The maximum atomic E-state index is 10.0. The fourth-order valence-electron chi connectivity index (χ4n) is 3.84. The lowest BCUT2D eigenvalue weighted by molar-refractivity contribution is 0.475. The summed E-state index contributed by atoms with van der Waals surface area (Å²) in [4.78, 5) is 8.29. The third kappa shape index (κ3) is 3.13. The maximum absolute atomic E-state index is 10.0. The van der Waals surface area contributed by atoms with Crippen molar-refractivity contribution in [3.8, 4) is 28.6 Å². The Balaban J connectivity index is 1.52. The number of aromatic amines is 1. The van der Waals surface area contributed by atoms with Gasteiger partial charge in [0.1, 0.15) is 11.4 Å². The Morgan fingerprint density at radius 1 is 0.812 bits per heavy atom. The van der Waals surface area contributed by atoms with Gasteiger partial charge in [-0.1, -0.05) is 53.6 Å². The highest BCUT2D eigenvalue weighted by Gasteiger charge is 2.18. The van der Waals surface area contributed by atoms with Crippen LogP contribution in [0.25, 0.3) is 44.6 Å². The molecule has 0 fully saturated rings. The molecule has 6 rings (SSSR count). The maximum Gasteiger partial charge on any atom is 0.320 e. The molecule has 0 saturated heterocycles. The van der Waals surface area contributed by atoms with Gasteiger partial charge >= 0.3 is 6.01 Å². The van der Waals surface area contributed by atoms with Gasteiger partial charge in [0.2, 0.25) is 0 Å². The van der Waals surface area contributed by atoms with Crippen LogP contribution in [-0.4, -0.2) is 25.3 Å². The van der Waals surface area contributed by atoms with E-state index in [1.54, 1.807) is 18.2 Å². The van der Waals surface area contributed by atoms with E-state index in [0.717, 1.165) is 33.1 Å². The number of rotatable bonds is 4. The smallest absolute Gasteiger partial charge is 0.320 e. The molecule has 0 radical (unpaired) electrons. The molecule has 0 aliphatic heterocycles. The Kier molecular flexibility index (Phi) is 4.11. The summed E-state index contributed by atoms with van der Waals surface area (Å²) in [6.45, 7) is 0. The van der Waals surface area contributed by atoms with Crippen LogP contribution in [0.1, 0.15) is 0 Å². The monoisotopic (exact) mass is 419 g/mol. The van der Waals surface area contributed by atoms with Gasteiger partial charge in [0.05, 0.1) is 11.2 Å². The zero-order valence-electron chi connectivity index (χ0n) is 16.8. The molecule has 3 aromatic heterocycles. The molecule has 0 saturated carbocycles. The second kappa shape index (κ2) is 7.24. The number of nitrogens with one attached hydrogen (secondary N) is 2. The average Bonchev–Trinajstić information content (AvgIpc) is 3.44. The molecule has 7 nitrogen and oxygen atoms in total. The van der Waals surface area contributed by atoms with Crippen molar-refractivity contribution in [2.75, 3.05) is 5.32 Å².